The standard InChI is InChI=1S/C21H18F2N2O4/c22-21(23)29-18-6-4-15(5-7-18)13-25-19(26)14-27-16-8-10-17(11-9-16)28-20-3-1-2-12-24-20/h1-12,21H,13-14H2,(H,25,26). The van der Waals surface area contributed by atoms with E-state index in [9.17, 15) is 13.6 Å². The third-order valence-electron chi connectivity index (χ3n) is 3.69. The SMILES string of the molecule is O=C(COc1ccc(Oc2ccccn2)cc1)NCc1ccc(OC(F)F)cc1. The number of aromatic nitrogens is 1. The maximum Gasteiger partial charge on any atom is 0.387 e. The van der Waals surface area contributed by atoms with E-state index in [0.717, 1.165) is 5.56 Å². The number of nitrogens with zero attached hydrogens (tertiary/aromatic N) is 1. The van der Waals surface area contributed by atoms with Crippen molar-refractivity contribution in [3.8, 4) is 23.1 Å². The summed E-state index contributed by atoms with van der Waals surface area (Å²) in [6.07, 6.45) is 1.64. The van der Waals surface area contributed by atoms with Gasteiger partial charge in [-0.1, -0.05) is 18.2 Å². The van der Waals surface area contributed by atoms with Crippen molar-refractivity contribution in [1.29, 1.82) is 0 Å². The highest BCUT2D eigenvalue weighted by Crippen LogP contribution is 2.22. The fourth-order valence-corrected chi connectivity index (χ4v) is 2.32. The molecule has 0 aliphatic rings. The molecule has 8 heteroatoms. The molecule has 3 aromatic rings. The quantitative estimate of drug-likeness (QED) is 0.584. The summed E-state index contributed by atoms with van der Waals surface area (Å²) in [5, 5.41) is 2.69. The average Bonchev–Trinajstić information content (AvgIpc) is 2.73. The van der Waals surface area contributed by atoms with Crippen LogP contribution in [-0.4, -0.2) is 24.1 Å². The van der Waals surface area contributed by atoms with Gasteiger partial charge in [0.25, 0.3) is 5.91 Å². The van der Waals surface area contributed by atoms with Crippen LogP contribution in [0.1, 0.15) is 5.56 Å². The van der Waals surface area contributed by atoms with E-state index in [1.54, 1.807) is 54.7 Å². The molecule has 3 rings (SSSR count). The zero-order valence-corrected chi connectivity index (χ0v) is 15.3. The minimum Gasteiger partial charge on any atom is -0.484 e. The molecule has 1 N–H and O–H groups in total. The van der Waals surface area contributed by atoms with Gasteiger partial charge < -0.3 is 19.5 Å². The molecule has 0 unspecified atom stereocenters. The zero-order chi connectivity index (χ0) is 20.5. The van der Waals surface area contributed by atoms with E-state index in [0.29, 0.717) is 17.4 Å². The molecule has 0 bridgehead atoms. The fraction of sp³-hybridized carbons (Fsp3) is 0.143. The van der Waals surface area contributed by atoms with Crippen molar-refractivity contribution in [1.82, 2.24) is 10.3 Å². The summed E-state index contributed by atoms with van der Waals surface area (Å²) in [6.45, 7) is -2.78. The molecule has 0 radical (unpaired) electrons. The molecular weight excluding hydrogens is 382 g/mol. The van der Waals surface area contributed by atoms with Crippen LogP contribution in [0.3, 0.4) is 0 Å². The molecule has 0 aliphatic carbocycles. The summed E-state index contributed by atoms with van der Waals surface area (Å²) in [5.74, 6) is 1.34. The fourth-order valence-electron chi connectivity index (χ4n) is 2.32. The van der Waals surface area contributed by atoms with Gasteiger partial charge in [0.2, 0.25) is 5.88 Å². The van der Waals surface area contributed by atoms with E-state index >= 15 is 0 Å². The van der Waals surface area contributed by atoms with Crippen LogP contribution in [0.5, 0.6) is 23.1 Å². The maximum absolute atomic E-state index is 12.1. The Kier molecular flexibility index (Phi) is 6.94. The van der Waals surface area contributed by atoms with E-state index < -0.39 is 6.61 Å². The van der Waals surface area contributed by atoms with Crippen LogP contribution >= 0.6 is 0 Å². The van der Waals surface area contributed by atoms with Crippen molar-refractivity contribution in [3.63, 3.8) is 0 Å². The molecule has 0 spiro atoms. The molecule has 1 aromatic heterocycles. The van der Waals surface area contributed by atoms with E-state index in [-0.39, 0.29) is 24.8 Å². The number of benzene rings is 2. The predicted molar refractivity (Wildman–Crippen MR) is 101 cm³/mol. The van der Waals surface area contributed by atoms with Crippen LogP contribution in [0.25, 0.3) is 0 Å². The largest absolute Gasteiger partial charge is 0.484 e. The van der Waals surface area contributed by atoms with Crippen LogP contribution in [-0.2, 0) is 11.3 Å². The van der Waals surface area contributed by atoms with E-state index in [2.05, 4.69) is 15.0 Å². The maximum atomic E-state index is 12.1. The van der Waals surface area contributed by atoms with Crippen LogP contribution in [0.2, 0.25) is 0 Å². The number of nitrogens with one attached hydrogen (secondary N) is 1. The highest BCUT2D eigenvalue weighted by atomic mass is 19.3. The summed E-state index contributed by atoms with van der Waals surface area (Å²) in [4.78, 5) is 16.0. The molecule has 0 saturated carbocycles. The second-order valence-corrected chi connectivity index (χ2v) is 5.83. The molecular formula is C21H18F2N2O4. The highest BCUT2D eigenvalue weighted by Gasteiger charge is 2.06. The Morgan fingerprint density at radius 2 is 1.62 bits per heavy atom. The summed E-state index contributed by atoms with van der Waals surface area (Å²) >= 11 is 0. The van der Waals surface area contributed by atoms with Gasteiger partial charge in [0, 0.05) is 18.8 Å². The number of carbonyl (C=O) groups is 1. The lowest BCUT2D eigenvalue weighted by Crippen LogP contribution is -2.28. The molecule has 2 aromatic carbocycles. The first-order chi connectivity index (χ1) is 14.1. The lowest BCUT2D eigenvalue weighted by atomic mass is 10.2. The van der Waals surface area contributed by atoms with E-state index in [4.69, 9.17) is 9.47 Å². The second kappa shape index (κ2) is 10.0. The van der Waals surface area contributed by atoms with Crippen molar-refractivity contribution >= 4 is 5.91 Å². The Labute approximate surface area is 166 Å². The molecule has 29 heavy (non-hydrogen) atoms. The number of hydrogen-bond acceptors (Lipinski definition) is 5. The summed E-state index contributed by atoms with van der Waals surface area (Å²) in [5.41, 5.74) is 0.746. The van der Waals surface area contributed by atoms with Gasteiger partial charge in [0.1, 0.15) is 17.2 Å². The molecule has 0 atom stereocenters. The Balaban J connectivity index is 1.41. The average molecular weight is 400 g/mol. The van der Waals surface area contributed by atoms with Crippen molar-refractivity contribution in [3.05, 3.63) is 78.5 Å². The summed E-state index contributed by atoms with van der Waals surface area (Å²) in [7, 11) is 0. The van der Waals surface area contributed by atoms with Gasteiger partial charge in [-0.15, -0.1) is 0 Å². The number of amides is 1. The molecule has 6 nitrogen and oxygen atoms in total. The monoisotopic (exact) mass is 400 g/mol. The Morgan fingerprint density at radius 1 is 0.931 bits per heavy atom. The predicted octanol–water partition coefficient (Wildman–Crippen LogP) is 4.17. The number of ether oxygens (including phenoxy) is 3. The van der Waals surface area contributed by atoms with Crippen LogP contribution in [0.4, 0.5) is 8.78 Å². The molecule has 150 valence electrons. The molecule has 0 fully saturated rings. The van der Waals surface area contributed by atoms with Crippen molar-refractivity contribution in [2.45, 2.75) is 13.2 Å². The van der Waals surface area contributed by atoms with Gasteiger partial charge in [-0.25, -0.2) is 4.98 Å². The van der Waals surface area contributed by atoms with Gasteiger partial charge in [0.05, 0.1) is 0 Å². The number of alkyl halides is 2. The van der Waals surface area contributed by atoms with E-state index in [1.165, 1.54) is 12.1 Å². The molecule has 1 heterocycles. The number of rotatable bonds is 9. The summed E-state index contributed by atoms with van der Waals surface area (Å²) < 4.78 is 39.5. The topological polar surface area (TPSA) is 69.7 Å². The van der Waals surface area contributed by atoms with Gasteiger partial charge >= 0.3 is 6.61 Å². The zero-order valence-electron chi connectivity index (χ0n) is 15.3. The van der Waals surface area contributed by atoms with Crippen molar-refractivity contribution in [2.75, 3.05) is 6.61 Å². The minimum atomic E-state index is -2.87. The first-order valence-corrected chi connectivity index (χ1v) is 8.71. The first kappa shape index (κ1) is 20.1. The Hall–Kier alpha value is -3.68. The molecule has 0 saturated heterocycles. The van der Waals surface area contributed by atoms with Crippen LogP contribution < -0.4 is 19.5 Å². The van der Waals surface area contributed by atoms with Gasteiger partial charge in [-0.05, 0) is 48.0 Å². The smallest absolute Gasteiger partial charge is 0.387 e. The molecule has 0 aliphatic heterocycles. The van der Waals surface area contributed by atoms with Crippen LogP contribution in [0, 0.1) is 0 Å². The number of halogens is 2. The van der Waals surface area contributed by atoms with Gasteiger partial charge in [-0.3, -0.25) is 4.79 Å². The Bertz CT molecular complexity index is 904. The van der Waals surface area contributed by atoms with Crippen molar-refractivity contribution in [2.24, 2.45) is 0 Å². The van der Waals surface area contributed by atoms with Gasteiger partial charge in [0.15, 0.2) is 6.61 Å². The van der Waals surface area contributed by atoms with Gasteiger partial charge in [-0.2, -0.15) is 8.78 Å². The molecule has 1 amide bonds. The normalized spacial score (nSPS) is 10.4. The Morgan fingerprint density at radius 3 is 2.28 bits per heavy atom. The minimum absolute atomic E-state index is 0.0638. The van der Waals surface area contributed by atoms with Crippen molar-refractivity contribution < 1.29 is 27.8 Å². The highest BCUT2D eigenvalue weighted by molar-refractivity contribution is 5.77. The third kappa shape index (κ3) is 6.76. The lowest BCUT2D eigenvalue weighted by Gasteiger charge is -2.09. The second-order valence-electron chi connectivity index (χ2n) is 5.83. The summed E-state index contributed by atoms with van der Waals surface area (Å²) in [6, 6.07) is 18.2. The lowest BCUT2D eigenvalue weighted by molar-refractivity contribution is -0.123. The number of carbonyl (C=O) groups excluding carboxylic acids is 1. The van der Waals surface area contributed by atoms with Crippen LogP contribution in [0.15, 0.2) is 72.9 Å². The van der Waals surface area contributed by atoms with E-state index in [1.807, 2.05) is 6.07 Å². The third-order valence-corrected chi connectivity index (χ3v) is 3.69. The first-order valence-electron chi connectivity index (χ1n) is 8.71. The number of pyridine rings is 1. The number of hydrogen-bond donors (Lipinski definition) is 1.